The van der Waals surface area contributed by atoms with Crippen molar-refractivity contribution >= 4 is 17.5 Å². The van der Waals surface area contributed by atoms with Crippen LogP contribution in [0.15, 0.2) is 42.5 Å². The van der Waals surface area contributed by atoms with E-state index in [0.29, 0.717) is 18.2 Å². The van der Waals surface area contributed by atoms with Gasteiger partial charge in [0.1, 0.15) is 12.4 Å². The summed E-state index contributed by atoms with van der Waals surface area (Å²) >= 11 is 6.16. The highest BCUT2D eigenvalue weighted by atomic mass is 35.5. The highest BCUT2D eigenvalue weighted by Crippen LogP contribution is 2.21. The Kier molecular flexibility index (Phi) is 7.29. The van der Waals surface area contributed by atoms with Crippen LogP contribution in [0.4, 0.5) is 0 Å². The smallest absolute Gasteiger partial charge is 0.234 e. The van der Waals surface area contributed by atoms with Crippen molar-refractivity contribution in [3.05, 3.63) is 64.2 Å². The van der Waals surface area contributed by atoms with Gasteiger partial charge < -0.3 is 15.4 Å². The summed E-state index contributed by atoms with van der Waals surface area (Å²) in [5.74, 6) is 0.786. The lowest BCUT2D eigenvalue weighted by atomic mass is 10.1. The third kappa shape index (κ3) is 6.07. The minimum Gasteiger partial charge on any atom is -0.491 e. The van der Waals surface area contributed by atoms with Gasteiger partial charge in [-0.3, -0.25) is 4.79 Å². The van der Waals surface area contributed by atoms with Crippen molar-refractivity contribution in [2.75, 3.05) is 19.7 Å². The van der Waals surface area contributed by atoms with Crippen LogP contribution in [0.1, 0.15) is 29.7 Å². The minimum absolute atomic E-state index is 0.00547. The number of hydrogen-bond acceptors (Lipinski definition) is 3. The Balaban J connectivity index is 1.68. The first kappa shape index (κ1) is 19.3. The molecule has 0 aliphatic rings. The van der Waals surface area contributed by atoms with E-state index in [-0.39, 0.29) is 18.5 Å². The van der Waals surface area contributed by atoms with E-state index in [4.69, 9.17) is 16.3 Å². The van der Waals surface area contributed by atoms with Crippen molar-refractivity contribution < 1.29 is 9.53 Å². The zero-order valence-electron chi connectivity index (χ0n) is 14.9. The minimum atomic E-state index is -0.0665. The number of benzene rings is 2. The zero-order valence-corrected chi connectivity index (χ0v) is 15.7. The van der Waals surface area contributed by atoms with Gasteiger partial charge in [0.15, 0.2) is 0 Å². The summed E-state index contributed by atoms with van der Waals surface area (Å²) in [7, 11) is 0. The lowest BCUT2D eigenvalue weighted by molar-refractivity contribution is -0.120. The Bertz CT molecular complexity index is 719. The van der Waals surface area contributed by atoms with E-state index in [2.05, 4.69) is 16.7 Å². The van der Waals surface area contributed by atoms with Crippen molar-refractivity contribution in [2.45, 2.75) is 26.8 Å². The maximum Gasteiger partial charge on any atom is 0.234 e. The van der Waals surface area contributed by atoms with Gasteiger partial charge in [-0.25, -0.2) is 0 Å². The summed E-state index contributed by atoms with van der Waals surface area (Å²) in [5, 5.41) is 6.72. The molecule has 134 valence electrons. The topological polar surface area (TPSA) is 50.4 Å². The molecule has 0 fully saturated rings. The molecule has 1 atom stereocenters. The van der Waals surface area contributed by atoms with E-state index in [0.717, 1.165) is 16.9 Å². The number of nitrogens with one attached hydrogen (secondary N) is 2. The highest BCUT2D eigenvalue weighted by Gasteiger charge is 2.10. The molecular weight excluding hydrogens is 336 g/mol. The molecule has 0 unspecified atom stereocenters. The fourth-order valence-electron chi connectivity index (χ4n) is 2.56. The SMILES string of the molecule is Cc1ccc(OCCNC(=O)CN[C@H](C)c2ccccc2Cl)c(C)c1. The molecule has 0 bridgehead atoms. The molecule has 25 heavy (non-hydrogen) atoms. The summed E-state index contributed by atoms with van der Waals surface area (Å²) < 4.78 is 5.70. The summed E-state index contributed by atoms with van der Waals surface area (Å²) in [4.78, 5) is 11.9. The van der Waals surface area contributed by atoms with Crippen molar-refractivity contribution in [1.82, 2.24) is 10.6 Å². The molecule has 0 spiro atoms. The standard InChI is InChI=1S/C20H25ClN2O2/c1-14-8-9-19(15(2)12-14)25-11-10-22-20(24)13-23-16(3)17-6-4-5-7-18(17)21/h4-9,12,16,23H,10-11,13H2,1-3H3,(H,22,24)/t16-/m1/s1. The molecule has 0 aliphatic carbocycles. The fourth-order valence-corrected chi connectivity index (χ4v) is 2.86. The lowest BCUT2D eigenvalue weighted by Gasteiger charge is -2.15. The molecular formula is C20H25ClN2O2. The van der Waals surface area contributed by atoms with Gasteiger partial charge in [-0.05, 0) is 44.0 Å². The molecule has 0 aliphatic heterocycles. The number of aryl methyl sites for hydroxylation is 2. The Morgan fingerprint density at radius 2 is 1.96 bits per heavy atom. The third-order valence-corrected chi connectivity index (χ3v) is 4.30. The summed E-state index contributed by atoms with van der Waals surface area (Å²) in [6.45, 7) is 7.19. The molecule has 5 heteroatoms. The summed E-state index contributed by atoms with van der Waals surface area (Å²) in [6.07, 6.45) is 0. The average molecular weight is 361 g/mol. The average Bonchev–Trinajstić information content (AvgIpc) is 2.58. The molecule has 0 radical (unpaired) electrons. The summed E-state index contributed by atoms with van der Waals surface area (Å²) in [6, 6.07) is 13.7. The number of ether oxygens (including phenoxy) is 1. The number of carbonyl (C=O) groups is 1. The first-order chi connectivity index (χ1) is 12.0. The van der Waals surface area contributed by atoms with Gasteiger partial charge in [0, 0.05) is 11.1 Å². The number of rotatable bonds is 8. The Labute approximate surface area is 154 Å². The number of amides is 1. The number of hydrogen-bond donors (Lipinski definition) is 2. The highest BCUT2D eigenvalue weighted by molar-refractivity contribution is 6.31. The van der Waals surface area contributed by atoms with Gasteiger partial charge >= 0.3 is 0 Å². The maximum absolute atomic E-state index is 11.9. The molecule has 1 amide bonds. The van der Waals surface area contributed by atoms with Crippen LogP contribution in [0.3, 0.4) is 0 Å². The van der Waals surface area contributed by atoms with Gasteiger partial charge in [0.2, 0.25) is 5.91 Å². The van der Waals surface area contributed by atoms with E-state index in [1.54, 1.807) is 0 Å². The first-order valence-corrected chi connectivity index (χ1v) is 8.79. The molecule has 2 aromatic rings. The number of carbonyl (C=O) groups excluding carboxylic acids is 1. The second-order valence-electron chi connectivity index (χ2n) is 6.09. The van der Waals surface area contributed by atoms with Crippen molar-refractivity contribution in [3.8, 4) is 5.75 Å². The Morgan fingerprint density at radius 3 is 2.68 bits per heavy atom. The van der Waals surface area contributed by atoms with E-state index < -0.39 is 0 Å². The van der Waals surface area contributed by atoms with Gasteiger partial charge in [-0.1, -0.05) is 47.5 Å². The zero-order chi connectivity index (χ0) is 18.2. The molecule has 4 nitrogen and oxygen atoms in total. The largest absolute Gasteiger partial charge is 0.491 e. The van der Waals surface area contributed by atoms with E-state index in [1.165, 1.54) is 5.56 Å². The normalized spacial score (nSPS) is 11.8. The van der Waals surface area contributed by atoms with E-state index in [9.17, 15) is 4.79 Å². The van der Waals surface area contributed by atoms with Crippen LogP contribution in [-0.2, 0) is 4.79 Å². The predicted molar refractivity (Wildman–Crippen MR) is 102 cm³/mol. The van der Waals surface area contributed by atoms with Crippen LogP contribution in [0.5, 0.6) is 5.75 Å². The van der Waals surface area contributed by atoms with Crippen LogP contribution in [0.25, 0.3) is 0 Å². The fraction of sp³-hybridized carbons (Fsp3) is 0.350. The van der Waals surface area contributed by atoms with E-state index >= 15 is 0 Å². The van der Waals surface area contributed by atoms with Gasteiger partial charge in [-0.15, -0.1) is 0 Å². The van der Waals surface area contributed by atoms with Crippen molar-refractivity contribution in [2.24, 2.45) is 0 Å². The van der Waals surface area contributed by atoms with Crippen LogP contribution < -0.4 is 15.4 Å². The van der Waals surface area contributed by atoms with Gasteiger partial charge in [0.25, 0.3) is 0 Å². The molecule has 0 heterocycles. The van der Waals surface area contributed by atoms with Crippen molar-refractivity contribution in [3.63, 3.8) is 0 Å². The maximum atomic E-state index is 11.9. The van der Waals surface area contributed by atoms with Crippen LogP contribution in [0.2, 0.25) is 5.02 Å². The monoisotopic (exact) mass is 360 g/mol. The molecule has 2 rings (SSSR count). The molecule has 0 saturated carbocycles. The van der Waals surface area contributed by atoms with Gasteiger partial charge in [-0.2, -0.15) is 0 Å². The molecule has 0 aromatic heterocycles. The Morgan fingerprint density at radius 1 is 1.20 bits per heavy atom. The predicted octanol–water partition coefficient (Wildman–Crippen LogP) is 3.80. The molecule has 0 saturated heterocycles. The second kappa shape index (κ2) is 9.44. The summed E-state index contributed by atoms with van der Waals surface area (Å²) in [5.41, 5.74) is 3.29. The third-order valence-electron chi connectivity index (χ3n) is 3.95. The lowest BCUT2D eigenvalue weighted by Crippen LogP contribution is -2.37. The van der Waals surface area contributed by atoms with Gasteiger partial charge in [0.05, 0.1) is 13.1 Å². The first-order valence-electron chi connectivity index (χ1n) is 8.42. The Hall–Kier alpha value is -2.04. The number of halogens is 1. The van der Waals surface area contributed by atoms with E-state index in [1.807, 2.05) is 57.2 Å². The van der Waals surface area contributed by atoms with Crippen LogP contribution >= 0.6 is 11.6 Å². The van der Waals surface area contributed by atoms with Crippen LogP contribution in [0, 0.1) is 13.8 Å². The second-order valence-corrected chi connectivity index (χ2v) is 6.50. The van der Waals surface area contributed by atoms with Crippen molar-refractivity contribution in [1.29, 1.82) is 0 Å². The molecule has 2 N–H and O–H groups in total. The quantitative estimate of drug-likeness (QED) is 0.704. The van der Waals surface area contributed by atoms with Crippen LogP contribution in [-0.4, -0.2) is 25.6 Å². The molecule has 2 aromatic carbocycles.